The molecule has 0 radical (unpaired) electrons. The van der Waals surface area contributed by atoms with Crippen molar-refractivity contribution in [3.63, 3.8) is 0 Å². The number of carbonyl (C=O) groups is 1. The third-order valence-electron chi connectivity index (χ3n) is 1.99. The fraction of sp³-hybridized carbons (Fsp3) is 0.222. The highest BCUT2D eigenvalue weighted by Crippen LogP contribution is 2.18. The molecular weight excluding hydrogens is 198 g/mol. The van der Waals surface area contributed by atoms with Gasteiger partial charge in [-0.15, -0.1) is 0 Å². The molecule has 0 spiro atoms. The largest absolute Gasteiger partial charge is 0.368 e. The molecule has 4 N–H and O–H groups in total. The molecule has 1 unspecified atom stereocenters. The van der Waals surface area contributed by atoms with Crippen molar-refractivity contribution >= 4 is 11.6 Å². The summed E-state index contributed by atoms with van der Waals surface area (Å²) in [5, 5.41) is 10.6. The summed E-state index contributed by atoms with van der Waals surface area (Å²) >= 11 is 0. The van der Waals surface area contributed by atoms with Gasteiger partial charge in [0.25, 0.3) is 5.69 Å². The quantitative estimate of drug-likeness (QED) is 0.534. The number of primary amides is 1. The second kappa shape index (κ2) is 4.52. The average molecular weight is 209 g/mol. The molecule has 1 aromatic carbocycles. The SMILES string of the molecule is NC(=O)C(N)Cc1ccccc1[N+](=O)[O-]. The molecule has 0 aliphatic rings. The van der Waals surface area contributed by atoms with Crippen LogP contribution in [0.3, 0.4) is 0 Å². The van der Waals surface area contributed by atoms with Crippen LogP contribution in [0.1, 0.15) is 5.56 Å². The summed E-state index contributed by atoms with van der Waals surface area (Å²) in [4.78, 5) is 20.8. The lowest BCUT2D eigenvalue weighted by atomic mass is 10.0. The van der Waals surface area contributed by atoms with Gasteiger partial charge in [0.2, 0.25) is 5.91 Å². The number of carbonyl (C=O) groups excluding carboxylic acids is 1. The molecule has 0 fully saturated rings. The third-order valence-corrected chi connectivity index (χ3v) is 1.99. The highest BCUT2D eigenvalue weighted by Gasteiger charge is 2.17. The Bertz CT molecular complexity index is 392. The van der Waals surface area contributed by atoms with E-state index in [1.807, 2.05) is 0 Å². The maximum atomic E-state index is 10.7. The van der Waals surface area contributed by atoms with Crippen molar-refractivity contribution < 1.29 is 9.72 Å². The van der Waals surface area contributed by atoms with Crippen molar-refractivity contribution in [2.24, 2.45) is 11.5 Å². The first-order chi connectivity index (χ1) is 7.02. The summed E-state index contributed by atoms with van der Waals surface area (Å²) < 4.78 is 0. The van der Waals surface area contributed by atoms with Gasteiger partial charge in [-0.25, -0.2) is 0 Å². The van der Waals surface area contributed by atoms with E-state index in [2.05, 4.69) is 0 Å². The lowest BCUT2D eigenvalue weighted by molar-refractivity contribution is -0.385. The normalized spacial score (nSPS) is 12.1. The first-order valence-corrected chi connectivity index (χ1v) is 4.29. The summed E-state index contributed by atoms with van der Waals surface area (Å²) in [6.45, 7) is 0. The number of benzene rings is 1. The Balaban J connectivity index is 2.94. The zero-order valence-corrected chi connectivity index (χ0v) is 7.92. The van der Waals surface area contributed by atoms with Crippen molar-refractivity contribution in [1.82, 2.24) is 0 Å². The molecule has 0 saturated carbocycles. The predicted octanol–water partition coefficient (Wildman–Crippen LogP) is -0.0501. The fourth-order valence-electron chi connectivity index (χ4n) is 1.20. The van der Waals surface area contributed by atoms with Crippen molar-refractivity contribution in [2.45, 2.75) is 12.5 Å². The third kappa shape index (κ3) is 2.75. The molecule has 15 heavy (non-hydrogen) atoms. The topological polar surface area (TPSA) is 112 Å². The van der Waals surface area contributed by atoms with Crippen LogP contribution < -0.4 is 11.5 Å². The van der Waals surface area contributed by atoms with Crippen LogP contribution >= 0.6 is 0 Å². The van der Waals surface area contributed by atoms with Gasteiger partial charge in [-0.05, 0) is 0 Å². The van der Waals surface area contributed by atoms with Gasteiger partial charge in [-0.2, -0.15) is 0 Å². The number of amides is 1. The van der Waals surface area contributed by atoms with E-state index in [0.29, 0.717) is 5.56 Å². The van der Waals surface area contributed by atoms with Crippen LogP contribution in [0.4, 0.5) is 5.69 Å². The van der Waals surface area contributed by atoms with Crippen LogP contribution in [-0.2, 0) is 11.2 Å². The molecular formula is C9H11N3O3. The zero-order valence-electron chi connectivity index (χ0n) is 7.92. The van der Waals surface area contributed by atoms with Gasteiger partial charge in [0.05, 0.1) is 11.0 Å². The number of para-hydroxylation sites is 1. The second-order valence-electron chi connectivity index (χ2n) is 3.10. The molecule has 1 rings (SSSR count). The number of nitro benzene ring substituents is 1. The van der Waals surface area contributed by atoms with Crippen LogP contribution in [0.2, 0.25) is 0 Å². The highest BCUT2D eigenvalue weighted by molar-refractivity contribution is 5.80. The molecule has 6 heteroatoms. The van der Waals surface area contributed by atoms with Gasteiger partial charge in [-0.1, -0.05) is 18.2 Å². The molecule has 0 heterocycles. The molecule has 0 aliphatic heterocycles. The number of hydrogen-bond donors (Lipinski definition) is 2. The second-order valence-corrected chi connectivity index (χ2v) is 3.10. The lowest BCUT2D eigenvalue weighted by Crippen LogP contribution is -2.38. The maximum Gasteiger partial charge on any atom is 0.272 e. The Morgan fingerprint density at radius 3 is 2.60 bits per heavy atom. The molecule has 0 saturated heterocycles. The van der Waals surface area contributed by atoms with Crippen LogP contribution in [-0.4, -0.2) is 16.9 Å². The number of rotatable bonds is 4. The summed E-state index contributed by atoms with van der Waals surface area (Å²) in [5.74, 6) is -0.673. The van der Waals surface area contributed by atoms with E-state index < -0.39 is 16.9 Å². The summed E-state index contributed by atoms with van der Waals surface area (Å²) in [5.41, 5.74) is 10.8. The summed E-state index contributed by atoms with van der Waals surface area (Å²) in [6, 6.07) is 5.23. The van der Waals surface area contributed by atoms with Gasteiger partial charge in [0, 0.05) is 18.1 Å². The van der Waals surface area contributed by atoms with Gasteiger partial charge in [0.1, 0.15) is 0 Å². The minimum Gasteiger partial charge on any atom is -0.368 e. The average Bonchev–Trinajstić information content (AvgIpc) is 2.18. The number of hydrogen-bond acceptors (Lipinski definition) is 4. The Kier molecular flexibility index (Phi) is 3.35. The minimum absolute atomic E-state index is 0.0470. The van der Waals surface area contributed by atoms with Crippen LogP contribution in [0.15, 0.2) is 24.3 Å². The van der Waals surface area contributed by atoms with Gasteiger partial charge in [-0.3, -0.25) is 14.9 Å². The van der Waals surface area contributed by atoms with Crippen molar-refractivity contribution in [1.29, 1.82) is 0 Å². The smallest absolute Gasteiger partial charge is 0.272 e. The number of nitrogens with two attached hydrogens (primary N) is 2. The van der Waals surface area contributed by atoms with Crippen molar-refractivity contribution in [3.8, 4) is 0 Å². The Morgan fingerprint density at radius 2 is 2.07 bits per heavy atom. The van der Waals surface area contributed by atoms with Crippen molar-refractivity contribution in [2.75, 3.05) is 0 Å². The van der Waals surface area contributed by atoms with E-state index >= 15 is 0 Å². The van der Waals surface area contributed by atoms with Gasteiger partial charge in [0.15, 0.2) is 0 Å². The summed E-state index contributed by atoms with van der Waals surface area (Å²) in [7, 11) is 0. The van der Waals surface area contributed by atoms with Gasteiger partial charge >= 0.3 is 0 Å². The van der Waals surface area contributed by atoms with Crippen LogP contribution in [0.25, 0.3) is 0 Å². The Labute approximate surface area is 86.0 Å². The highest BCUT2D eigenvalue weighted by atomic mass is 16.6. The fourth-order valence-corrected chi connectivity index (χ4v) is 1.20. The zero-order chi connectivity index (χ0) is 11.4. The van der Waals surface area contributed by atoms with E-state index in [1.54, 1.807) is 18.2 Å². The predicted molar refractivity (Wildman–Crippen MR) is 54.0 cm³/mol. The molecule has 6 nitrogen and oxygen atoms in total. The van der Waals surface area contributed by atoms with E-state index in [4.69, 9.17) is 11.5 Å². The first kappa shape index (κ1) is 11.1. The lowest BCUT2D eigenvalue weighted by Gasteiger charge is -2.07. The van der Waals surface area contributed by atoms with Crippen molar-refractivity contribution in [3.05, 3.63) is 39.9 Å². The Hall–Kier alpha value is -1.95. The monoisotopic (exact) mass is 209 g/mol. The summed E-state index contributed by atoms with van der Waals surface area (Å²) in [6.07, 6.45) is 0.0759. The van der Waals surface area contributed by atoms with E-state index in [0.717, 1.165) is 0 Å². The number of nitrogens with zero attached hydrogens (tertiary/aromatic N) is 1. The van der Waals surface area contributed by atoms with Crippen LogP contribution in [0, 0.1) is 10.1 Å². The van der Waals surface area contributed by atoms with E-state index in [9.17, 15) is 14.9 Å². The molecule has 1 atom stereocenters. The molecule has 1 aromatic rings. The number of nitro groups is 1. The molecule has 1 amide bonds. The molecule has 0 aliphatic carbocycles. The maximum absolute atomic E-state index is 10.7. The minimum atomic E-state index is -0.897. The van der Waals surface area contributed by atoms with Gasteiger partial charge < -0.3 is 11.5 Å². The van der Waals surface area contributed by atoms with E-state index in [1.165, 1.54) is 6.07 Å². The molecule has 0 aromatic heterocycles. The molecule has 80 valence electrons. The first-order valence-electron chi connectivity index (χ1n) is 4.29. The van der Waals surface area contributed by atoms with Crippen LogP contribution in [0.5, 0.6) is 0 Å². The van der Waals surface area contributed by atoms with E-state index in [-0.39, 0.29) is 12.1 Å². The standard InChI is InChI=1S/C9H11N3O3/c10-7(9(11)13)5-6-3-1-2-4-8(6)12(14)15/h1-4,7H,5,10H2,(H2,11,13). The Morgan fingerprint density at radius 1 is 1.47 bits per heavy atom. The molecule has 0 bridgehead atoms.